The normalized spacial score (nSPS) is 21.4. The zero-order chi connectivity index (χ0) is 12.5. The first kappa shape index (κ1) is 11.5. The van der Waals surface area contributed by atoms with E-state index < -0.39 is 0 Å². The van der Waals surface area contributed by atoms with Crippen molar-refractivity contribution in [1.82, 2.24) is 4.98 Å². The van der Waals surface area contributed by atoms with Gasteiger partial charge in [0.2, 0.25) is 0 Å². The number of nitrogens with zero attached hydrogens (tertiary/aromatic N) is 2. The number of rotatable bonds is 2. The van der Waals surface area contributed by atoms with Gasteiger partial charge in [-0.15, -0.1) is 0 Å². The lowest BCUT2D eigenvalue weighted by atomic mass is 10.0. The SMILES string of the molecule is CC(O)C1CCN(c2nccc3ccccc23)C1. The Balaban J connectivity index is 1.96. The molecule has 0 spiro atoms. The second kappa shape index (κ2) is 4.58. The number of benzene rings is 1. The van der Waals surface area contributed by atoms with Gasteiger partial charge in [0.25, 0.3) is 0 Å². The second-order valence-electron chi connectivity index (χ2n) is 5.09. The smallest absolute Gasteiger partial charge is 0.136 e. The quantitative estimate of drug-likeness (QED) is 0.878. The number of aromatic nitrogens is 1. The molecule has 94 valence electrons. The summed E-state index contributed by atoms with van der Waals surface area (Å²) in [6.07, 6.45) is 2.68. The molecule has 2 heterocycles. The largest absolute Gasteiger partial charge is 0.393 e. The number of aliphatic hydroxyl groups excluding tert-OH is 1. The molecule has 1 saturated heterocycles. The molecule has 3 heteroatoms. The van der Waals surface area contributed by atoms with Gasteiger partial charge in [-0.2, -0.15) is 0 Å². The van der Waals surface area contributed by atoms with E-state index in [1.807, 2.05) is 19.2 Å². The van der Waals surface area contributed by atoms with Crippen LogP contribution >= 0.6 is 0 Å². The molecule has 2 atom stereocenters. The first-order chi connectivity index (χ1) is 8.75. The van der Waals surface area contributed by atoms with E-state index in [2.05, 4.69) is 34.1 Å². The molecule has 0 saturated carbocycles. The zero-order valence-electron chi connectivity index (χ0n) is 10.6. The molecule has 1 fully saturated rings. The van der Waals surface area contributed by atoms with E-state index in [9.17, 15) is 5.11 Å². The molecule has 2 unspecified atom stereocenters. The zero-order valence-corrected chi connectivity index (χ0v) is 10.6. The lowest BCUT2D eigenvalue weighted by Crippen LogP contribution is -2.24. The maximum Gasteiger partial charge on any atom is 0.136 e. The third-order valence-electron chi connectivity index (χ3n) is 3.86. The molecule has 18 heavy (non-hydrogen) atoms. The van der Waals surface area contributed by atoms with E-state index in [4.69, 9.17) is 0 Å². The highest BCUT2D eigenvalue weighted by Gasteiger charge is 2.27. The molecule has 2 aromatic rings. The van der Waals surface area contributed by atoms with Gasteiger partial charge < -0.3 is 10.0 Å². The van der Waals surface area contributed by atoms with E-state index >= 15 is 0 Å². The lowest BCUT2D eigenvalue weighted by molar-refractivity contribution is 0.136. The van der Waals surface area contributed by atoms with Crippen molar-refractivity contribution < 1.29 is 5.11 Å². The van der Waals surface area contributed by atoms with Crippen molar-refractivity contribution in [3.05, 3.63) is 36.5 Å². The first-order valence-corrected chi connectivity index (χ1v) is 6.52. The summed E-state index contributed by atoms with van der Waals surface area (Å²) in [6, 6.07) is 10.4. The van der Waals surface area contributed by atoms with Crippen LogP contribution in [0.25, 0.3) is 10.8 Å². The summed E-state index contributed by atoms with van der Waals surface area (Å²) in [5, 5.41) is 12.1. The predicted molar refractivity (Wildman–Crippen MR) is 73.7 cm³/mol. The van der Waals surface area contributed by atoms with Gasteiger partial charge >= 0.3 is 0 Å². The van der Waals surface area contributed by atoms with E-state index in [0.29, 0.717) is 5.92 Å². The Morgan fingerprint density at radius 2 is 2.17 bits per heavy atom. The topological polar surface area (TPSA) is 36.4 Å². The Hall–Kier alpha value is -1.61. The maximum absolute atomic E-state index is 9.68. The van der Waals surface area contributed by atoms with Crippen LogP contribution in [0.15, 0.2) is 36.5 Å². The summed E-state index contributed by atoms with van der Waals surface area (Å²) >= 11 is 0. The number of aliphatic hydroxyl groups is 1. The molecule has 3 rings (SSSR count). The number of fused-ring (bicyclic) bond motifs is 1. The van der Waals surface area contributed by atoms with Gasteiger partial charge in [0.1, 0.15) is 5.82 Å². The van der Waals surface area contributed by atoms with Crippen LogP contribution in [0.4, 0.5) is 5.82 Å². The van der Waals surface area contributed by atoms with Gasteiger partial charge in [-0.3, -0.25) is 0 Å². The Kier molecular flexibility index (Phi) is 2.92. The lowest BCUT2D eigenvalue weighted by Gasteiger charge is -2.20. The fourth-order valence-corrected chi connectivity index (χ4v) is 2.73. The first-order valence-electron chi connectivity index (χ1n) is 6.52. The molecular formula is C15H18N2O. The van der Waals surface area contributed by atoms with E-state index in [1.54, 1.807) is 0 Å². The summed E-state index contributed by atoms with van der Waals surface area (Å²) in [5.41, 5.74) is 0. The molecule has 1 aliphatic heterocycles. The minimum atomic E-state index is -0.232. The van der Waals surface area contributed by atoms with Gasteiger partial charge in [0, 0.05) is 30.6 Å². The van der Waals surface area contributed by atoms with Crippen LogP contribution in [0.5, 0.6) is 0 Å². The van der Waals surface area contributed by atoms with E-state index in [0.717, 1.165) is 25.3 Å². The van der Waals surface area contributed by atoms with Crippen molar-refractivity contribution in [2.24, 2.45) is 5.92 Å². The van der Waals surface area contributed by atoms with Gasteiger partial charge in [0.15, 0.2) is 0 Å². The summed E-state index contributed by atoms with van der Waals surface area (Å²) < 4.78 is 0. The van der Waals surface area contributed by atoms with Crippen LogP contribution in [-0.4, -0.2) is 29.3 Å². The van der Waals surface area contributed by atoms with Crippen LogP contribution in [0, 0.1) is 5.92 Å². The summed E-state index contributed by atoms with van der Waals surface area (Å²) in [6.45, 7) is 3.76. The van der Waals surface area contributed by atoms with Crippen molar-refractivity contribution >= 4 is 16.6 Å². The predicted octanol–water partition coefficient (Wildman–Crippen LogP) is 2.44. The minimum absolute atomic E-state index is 0.232. The summed E-state index contributed by atoms with van der Waals surface area (Å²) in [4.78, 5) is 6.82. The Bertz CT molecular complexity index is 548. The number of hydrogen-bond donors (Lipinski definition) is 1. The molecule has 0 bridgehead atoms. The fourth-order valence-electron chi connectivity index (χ4n) is 2.73. The average molecular weight is 242 g/mol. The highest BCUT2D eigenvalue weighted by Crippen LogP contribution is 2.29. The number of pyridine rings is 1. The summed E-state index contributed by atoms with van der Waals surface area (Å²) in [5.74, 6) is 1.42. The van der Waals surface area contributed by atoms with Crippen molar-refractivity contribution in [3.63, 3.8) is 0 Å². The van der Waals surface area contributed by atoms with E-state index in [-0.39, 0.29) is 6.10 Å². The Labute approximate surface area is 107 Å². The third-order valence-corrected chi connectivity index (χ3v) is 3.86. The Morgan fingerprint density at radius 3 is 2.94 bits per heavy atom. The molecule has 1 N–H and O–H groups in total. The Morgan fingerprint density at radius 1 is 1.33 bits per heavy atom. The summed E-state index contributed by atoms with van der Waals surface area (Å²) in [7, 11) is 0. The third kappa shape index (κ3) is 1.95. The van der Waals surface area contributed by atoms with Crippen molar-refractivity contribution in [2.75, 3.05) is 18.0 Å². The maximum atomic E-state index is 9.68. The van der Waals surface area contributed by atoms with Crippen LogP contribution in [0.3, 0.4) is 0 Å². The van der Waals surface area contributed by atoms with Gasteiger partial charge in [-0.25, -0.2) is 4.98 Å². The van der Waals surface area contributed by atoms with E-state index in [1.165, 1.54) is 10.8 Å². The molecule has 3 nitrogen and oxygen atoms in total. The van der Waals surface area contributed by atoms with Crippen molar-refractivity contribution in [1.29, 1.82) is 0 Å². The number of hydrogen-bond acceptors (Lipinski definition) is 3. The standard InChI is InChI=1S/C15H18N2O/c1-11(18)13-7-9-17(10-13)15-14-5-3-2-4-12(14)6-8-16-15/h2-6,8,11,13,18H,7,9-10H2,1H3. The molecular weight excluding hydrogens is 224 g/mol. The second-order valence-corrected chi connectivity index (χ2v) is 5.09. The minimum Gasteiger partial charge on any atom is -0.393 e. The molecule has 0 amide bonds. The van der Waals surface area contributed by atoms with Crippen LogP contribution in [-0.2, 0) is 0 Å². The monoisotopic (exact) mass is 242 g/mol. The van der Waals surface area contributed by atoms with Crippen LogP contribution in [0.2, 0.25) is 0 Å². The van der Waals surface area contributed by atoms with Crippen LogP contribution < -0.4 is 4.90 Å². The molecule has 0 aliphatic carbocycles. The highest BCUT2D eigenvalue weighted by molar-refractivity contribution is 5.92. The van der Waals surface area contributed by atoms with Gasteiger partial charge in [-0.05, 0) is 24.8 Å². The molecule has 1 aromatic carbocycles. The van der Waals surface area contributed by atoms with Crippen molar-refractivity contribution in [3.8, 4) is 0 Å². The molecule has 0 radical (unpaired) electrons. The highest BCUT2D eigenvalue weighted by atomic mass is 16.3. The fraction of sp³-hybridized carbons (Fsp3) is 0.400. The number of anilines is 1. The molecule has 1 aliphatic rings. The average Bonchev–Trinajstić information content (AvgIpc) is 2.87. The van der Waals surface area contributed by atoms with Gasteiger partial charge in [0.05, 0.1) is 6.10 Å². The molecule has 1 aromatic heterocycles. The van der Waals surface area contributed by atoms with Crippen LogP contribution in [0.1, 0.15) is 13.3 Å². The van der Waals surface area contributed by atoms with Crippen molar-refractivity contribution in [2.45, 2.75) is 19.4 Å². The van der Waals surface area contributed by atoms with Gasteiger partial charge in [-0.1, -0.05) is 24.3 Å².